The quantitative estimate of drug-likeness (QED) is 0.844. The van der Waals surface area contributed by atoms with Crippen molar-refractivity contribution in [2.24, 2.45) is 7.05 Å². The lowest BCUT2D eigenvalue weighted by atomic mass is 10.1. The van der Waals surface area contributed by atoms with Crippen molar-refractivity contribution >= 4 is 21.7 Å². The fraction of sp³-hybridized carbons (Fsp3) is 0.250. The molecule has 1 amide bonds. The molecule has 0 atom stereocenters. The fourth-order valence-electron chi connectivity index (χ4n) is 2.73. The number of Topliss-reactive ketones (excluding diaryl/α,β-unsaturated/α-hetero) is 1. The first kappa shape index (κ1) is 16.4. The van der Waals surface area contributed by atoms with Crippen molar-refractivity contribution in [3.63, 3.8) is 0 Å². The summed E-state index contributed by atoms with van der Waals surface area (Å²) in [7, 11) is -2.03. The highest BCUT2D eigenvalue weighted by molar-refractivity contribution is 7.89. The number of hydrogen-bond acceptors (Lipinski definition) is 4. The van der Waals surface area contributed by atoms with Crippen LogP contribution in [0.25, 0.3) is 0 Å². The average Bonchev–Trinajstić information content (AvgIpc) is 2.80. The number of hydrazine groups is 1. The molecule has 1 aromatic heterocycles. The number of hydrogen-bond donors (Lipinski definition) is 1. The summed E-state index contributed by atoms with van der Waals surface area (Å²) in [5.74, 6) is -0.870. The van der Waals surface area contributed by atoms with Crippen LogP contribution in [0.1, 0.15) is 32.1 Å². The fourth-order valence-corrected chi connectivity index (χ4v) is 3.97. The number of carbonyl (C=O) groups is 2. The summed E-state index contributed by atoms with van der Waals surface area (Å²) in [5.41, 5.74) is 2.21. The van der Waals surface area contributed by atoms with E-state index in [-0.39, 0.29) is 22.8 Å². The van der Waals surface area contributed by atoms with Gasteiger partial charge in [0.2, 0.25) is 0 Å². The Morgan fingerprint density at radius 2 is 1.88 bits per heavy atom. The maximum absolute atomic E-state index is 12.5. The van der Waals surface area contributed by atoms with E-state index in [1.807, 2.05) is 18.5 Å². The normalized spacial score (nSPS) is 16.1. The molecule has 8 heteroatoms. The highest BCUT2D eigenvalue weighted by Gasteiger charge is 2.35. The summed E-state index contributed by atoms with van der Waals surface area (Å²) in [6, 6.07) is 7.66. The maximum atomic E-state index is 12.5. The second-order valence-electron chi connectivity index (χ2n) is 5.75. The molecule has 0 saturated carbocycles. The zero-order valence-corrected chi connectivity index (χ0v) is 14.3. The van der Waals surface area contributed by atoms with Crippen LogP contribution in [0.2, 0.25) is 0 Å². The molecule has 0 unspecified atom stereocenters. The molecule has 1 aromatic carbocycles. The van der Waals surface area contributed by atoms with Crippen LogP contribution < -0.4 is 4.83 Å². The molecule has 0 spiro atoms. The lowest BCUT2D eigenvalue weighted by molar-refractivity contribution is 0.0661. The van der Waals surface area contributed by atoms with E-state index < -0.39 is 15.9 Å². The first-order valence-electron chi connectivity index (χ1n) is 7.32. The summed E-state index contributed by atoms with van der Waals surface area (Å²) >= 11 is 0. The van der Waals surface area contributed by atoms with E-state index in [2.05, 4.69) is 4.83 Å². The van der Waals surface area contributed by atoms with Crippen molar-refractivity contribution in [1.29, 1.82) is 0 Å². The molecule has 0 saturated heterocycles. The van der Waals surface area contributed by atoms with Gasteiger partial charge in [0.25, 0.3) is 15.9 Å². The van der Waals surface area contributed by atoms with E-state index in [0.717, 1.165) is 16.4 Å². The van der Waals surface area contributed by atoms with Gasteiger partial charge < -0.3 is 4.57 Å². The van der Waals surface area contributed by atoms with Gasteiger partial charge in [0.15, 0.2) is 5.78 Å². The van der Waals surface area contributed by atoms with Gasteiger partial charge in [0.1, 0.15) is 6.54 Å². The van der Waals surface area contributed by atoms with Gasteiger partial charge >= 0.3 is 0 Å². The summed E-state index contributed by atoms with van der Waals surface area (Å²) in [6.07, 6.45) is 0. The second kappa shape index (κ2) is 5.57. The van der Waals surface area contributed by atoms with Crippen LogP contribution in [0.4, 0.5) is 0 Å². The number of aryl methyl sites for hydroxylation is 1. The molecule has 7 nitrogen and oxygen atoms in total. The predicted molar refractivity (Wildman–Crippen MR) is 87.0 cm³/mol. The van der Waals surface area contributed by atoms with Crippen molar-refractivity contribution in [2.45, 2.75) is 18.7 Å². The zero-order chi connectivity index (χ0) is 17.6. The number of fused-ring (bicyclic) bond motifs is 1. The Morgan fingerprint density at radius 1 is 1.21 bits per heavy atom. The lowest BCUT2D eigenvalue weighted by Crippen LogP contribution is -2.52. The Kier molecular flexibility index (Phi) is 3.81. The van der Waals surface area contributed by atoms with E-state index in [0.29, 0.717) is 5.56 Å². The highest BCUT2D eigenvalue weighted by Crippen LogP contribution is 2.22. The third-order valence-corrected chi connectivity index (χ3v) is 5.66. The van der Waals surface area contributed by atoms with E-state index in [9.17, 15) is 18.0 Å². The molecule has 0 radical (unpaired) electrons. The van der Waals surface area contributed by atoms with Crippen molar-refractivity contribution < 1.29 is 18.0 Å². The Labute approximate surface area is 139 Å². The van der Waals surface area contributed by atoms with Gasteiger partial charge in [-0.3, -0.25) is 14.6 Å². The molecule has 1 aliphatic heterocycles. The second-order valence-corrected chi connectivity index (χ2v) is 7.38. The minimum atomic E-state index is -3.87. The molecular formula is C16H17N3O4S. The van der Waals surface area contributed by atoms with Crippen LogP contribution in [0, 0.1) is 13.8 Å². The number of nitrogens with one attached hydrogen (secondary N) is 1. The molecule has 0 aliphatic carbocycles. The van der Waals surface area contributed by atoms with Gasteiger partial charge in [0.05, 0.1) is 10.5 Å². The van der Waals surface area contributed by atoms with Gasteiger partial charge in [-0.15, -0.1) is 4.83 Å². The van der Waals surface area contributed by atoms with E-state index in [1.165, 1.54) is 12.1 Å². The molecule has 0 fully saturated rings. The molecule has 126 valence electrons. The van der Waals surface area contributed by atoms with Crippen LogP contribution >= 0.6 is 0 Å². The third kappa shape index (κ3) is 2.53. The third-order valence-electron chi connectivity index (χ3n) is 4.26. The first-order chi connectivity index (χ1) is 11.2. The Hall–Kier alpha value is -2.45. The predicted octanol–water partition coefficient (Wildman–Crippen LogP) is 1.17. The van der Waals surface area contributed by atoms with Crippen LogP contribution in [-0.2, 0) is 17.1 Å². The lowest BCUT2D eigenvalue weighted by Gasteiger charge is -2.28. The maximum Gasteiger partial charge on any atom is 0.270 e. The molecule has 1 N–H and O–H groups in total. The number of rotatable bonds is 3. The summed E-state index contributed by atoms with van der Waals surface area (Å²) in [4.78, 5) is 27.1. The molecule has 2 heterocycles. The van der Waals surface area contributed by atoms with Crippen molar-refractivity contribution in [3.05, 3.63) is 52.8 Å². The van der Waals surface area contributed by atoms with Crippen LogP contribution in [0.5, 0.6) is 0 Å². The van der Waals surface area contributed by atoms with E-state index in [4.69, 9.17) is 0 Å². The van der Waals surface area contributed by atoms with Crippen molar-refractivity contribution in [3.8, 4) is 0 Å². The smallest absolute Gasteiger partial charge is 0.270 e. The summed E-state index contributed by atoms with van der Waals surface area (Å²) in [6.45, 7) is 3.31. The minimum Gasteiger partial charge on any atom is -0.351 e. The molecule has 2 aromatic rings. The SMILES string of the molecule is Cc1cc(C(=O)CN2NS(=O)(=O)c3ccccc3C2=O)c(C)n1C. The zero-order valence-electron chi connectivity index (χ0n) is 13.5. The summed E-state index contributed by atoms with van der Waals surface area (Å²) in [5, 5.41) is 0.849. The first-order valence-corrected chi connectivity index (χ1v) is 8.80. The van der Waals surface area contributed by atoms with Crippen LogP contribution in [-0.4, -0.2) is 36.2 Å². The largest absolute Gasteiger partial charge is 0.351 e. The number of amides is 1. The molecule has 1 aliphatic rings. The number of nitrogens with zero attached hydrogens (tertiary/aromatic N) is 2. The van der Waals surface area contributed by atoms with Crippen LogP contribution in [0.3, 0.4) is 0 Å². The topological polar surface area (TPSA) is 88.5 Å². The average molecular weight is 347 g/mol. The number of carbonyl (C=O) groups excluding carboxylic acids is 2. The Bertz CT molecular complexity index is 960. The van der Waals surface area contributed by atoms with Gasteiger partial charge in [-0.2, -0.15) is 0 Å². The van der Waals surface area contributed by atoms with Gasteiger partial charge in [-0.05, 0) is 32.0 Å². The molecular weight excluding hydrogens is 330 g/mol. The monoisotopic (exact) mass is 347 g/mol. The highest BCUT2D eigenvalue weighted by atomic mass is 32.2. The van der Waals surface area contributed by atoms with Crippen molar-refractivity contribution in [1.82, 2.24) is 14.4 Å². The Morgan fingerprint density at radius 3 is 2.50 bits per heavy atom. The van der Waals surface area contributed by atoms with E-state index in [1.54, 1.807) is 25.1 Å². The van der Waals surface area contributed by atoms with Crippen LogP contribution in [0.15, 0.2) is 35.2 Å². The molecule has 3 rings (SSSR count). The number of benzene rings is 1. The Balaban J connectivity index is 1.93. The standard InChI is InChI=1S/C16H17N3O4S/c1-10-8-13(11(2)18(10)3)14(20)9-19-16(21)12-6-4-5-7-15(12)24(22,23)17-19/h4-8,17H,9H2,1-3H3. The number of aromatic nitrogens is 1. The van der Waals surface area contributed by atoms with Gasteiger partial charge in [0, 0.05) is 24.0 Å². The molecule has 24 heavy (non-hydrogen) atoms. The minimum absolute atomic E-state index is 0.0602. The summed E-state index contributed by atoms with van der Waals surface area (Å²) < 4.78 is 26.4. The van der Waals surface area contributed by atoms with Gasteiger partial charge in [-0.25, -0.2) is 8.42 Å². The van der Waals surface area contributed by atoms with E-state index >= 15 is 0 Å². The molecule has 0 bridgehead atoms. The van der Waals surface area contributed by atoms with Crippen molar-refractivity contribution in [2.75, 3.05) is 6.54 Å². The number of ketones is 1. The number of sulfonamides is 1. The van der Waals surface area contributed by atoms with Gasteiger partial charge in [-0.1, -0.05) is 12.1 Å².